The third-order valence-electron chi connectivity index (χ3n) is 5.49. The lowest BCUT2D eigenvalue weighted by Crippen LogP contribution is -2.45. The first-order chi connectivity index (χ1) is 12.5. The average Bonchev–Trinajstić information content (AvgIpc) is 3.10. The number of hydrogen-bond acceptors (Lipinski definition) is 7. The van der Waals surface area contributed by atoms with E-state index in [2.05, 4.69) is 0 Å². The zero-order chi connectivity index (χ0) is 18.3. The maximum atomic E-state index is 12.2. The standard InChI is InChI=1S/C19H22O7/c1-23-16-8-13-14(9-19(22)10-24-18(26-16)17(13)19)25-15(21)7-4-11-2-5-12(20)6-3-11/h2-7,13-14,16-18,20,22H,8-10H2,1H3/t13-,14+,16-,17+,18-,19+/m0/s1. The molecule has 7 heteroatoms. The molecule has 1 aliphatic carbocycles. The number of carbonyl (C=O) groups is 1. The van der Waals surface area contributed by atoms with Gasteiger partial charge in [0.05, 0.1) is 12.2 Å². The van der Waals surface area contributed by atoms with Crippen LogP contribution < -0.4 is 0 Å². The molecule has 7 nitrogen and oxygen atoms in total. The second kappa shape index (κ2) is 6.66. The number of aromatic hydroxyl groups is 1. The minimum absolute atomic E-state index is 0.0720. The summed E-state index contributed by atoms with van der Waals surface area (Å²) in [5, 5.41) is 20.1. The summed E-state index contributed by atoms with van der Waals surface area (Å²) in [6.45, 7) is 0.173. The van der Waals surface area contributed by atoms with E-state index in [9.17, 15) is 15.0 Å². The average molecular weight is 362 g/mol. The van der Waals surface area contributed by atoms with E-state index in [1.165, 1.54) is 6.08 Å². The van der Waals surface area contributed by atoms with Gasteiger partial charge in [-0.15, -0.1) is 0 Å². The normalized spacial score (nSPS) is 38.5. The topological polar surface area (TPSA) is 94.5 Å². The van der Waals surface area contributed by atoms with Crippen LogP contribution in [0.2, 0.25) is 0 Å². The minimum atomic E-state index is -1.03. The second-order valence-electron chi connectivity index (χ2n) is 7.11. The van der Waals surface area contributed by atoms with Crippen LogP contribution in [0.25, 0.3) is 6.08 Å². The minimum Gasteiger partial charge on any atom is -0.508 e. The maximum Gasteiger partial charge on any atom is 0.331 e. The summed E-state index contributed by atoms with van der Waals surface area (Å²) in [4.78, 5) is 12.2. The number of methoxy groups -OCH3 is 1. The molecule has 0 bridgehead atoms. The molecule has 140 valence electrons. The van der Waals surface area contributed by atoms with Crippen molar-refractivity contribution in [1.82, 2.24) is 0 Å². The number of aliphatic hydroxyl groups is 1. The first-order valence-electron chi connectivity index (χ1n) is 8.68. The summed E-state index contributed by atoms with van der Waals surface area (Å²) < 4.78 is 22.2. The van der Waals surface area contributed by atoms with Gasteiger partial charge in [-0.2, -0.15) is 0 Å². The van der Waals surface area contributed by atoms with Crippen molar-refractivity contribution in [1.29, 1.82) is 0 Å². The van der Waals surface area contributed by atoms with Crippen LogP contribution in [0.5, 0.6) is 5.75 Å². The Morgan fingerprint density at radius 3 is 2.85 bits per heavy atom. The highest BCUT2D eigenvalue weighted by Crippen LogP contribution is 2.53. The number of benzene rings is 1. The summed E-state index contributed by atoms with van der Waals surface area (Å²) in [7, 11) is 1.56. The molecule has 0 unspecified atom stereocenters. The zero-order valence-electron chi connectivity index (χ0n) is 14.4. The van der Waals surface area contributed by atoms with Gasteiger partial charge in [-0.1, -0.05) is 12.1 Å². The zero-order valence-corrected chi connectivity index (χ0v) is 14.4. The Balaban J connectivity index is 1.44. The van der Waals surface area contributed by atoms with Gasteiger partial charge in [0.2, 0.25) is 0 Å². The molecule has 3 aliphatic rings. The molecule has 3 fully saturated rings. The summed E-state index contributed by atoms with van der Waals surface area (Å²) in [6.07, 6.45) is 2.48. The van der Waals surface area contributed by atoms with Gasteiger partial charge in [-0.05, 0) is 23.8 Å². The summed E-state index contributed by atoms with van der Waals surface area (Å²) >= 11 is 0. The summed E-state index contributed by atoms with van der Waals surface area (Å²) in [5.41, 5.74) is -0.250. The Morgan fingerprint density at radius 1 is 1.35 bits per heavy atom. The van der Waals surface area contributed by atoms with Crippen LogP contribution in [-0.4, -0.2) is 54.2 Å². The van der Waals surface area contributed by atoms with Crippen LogP contribution in [0.1, 0.15) is 18.4 Å². The van der Waals surface area contributed by atoms with E-state index in [0.29, 0.717) is 12.8 Å². The van der Waals surface area contributed by atoms with Crippen molar-refractivity contribution in [2.75, 3.05) is 13.7 Å². The molecule has 2 heterocycles. The first-order valence-corrected chi connectivity index (χ1v) is 8.68. The third kappa shape index (κ3) is 3.12. The van der Waals surface area contributed by atoms with Crippen LogP contribution in [-0.2, 0) is 23.7 Å². The molecule has 2 N–H and O–H groups in total. The maximum absolute atomic E-state index is 12.2. The Hall–Kier alpha value is -1.93. The third-order valence-corrected chi connectivity index (χ3v) is 5.49. The Morgan fingerprint density at radius 2 is 2.12 bits per heavy atom. The highest BCUT2D eigenvalue weighted by Gasteiger charge is 2.64. The van der Waals surface area contributed by atoms with Crippen LogP contribution >= 0.6 is 0 Å². The van der Waals surface area contributed by atoms with E-state index in [1.807, 2.05) is 0 Å². The lowest BCUT2D eigenvalue weighted by molar-refractivity contribution is -0.274. The van der Waals surface area contributed by atoms with Crippen LogP contribution in [0.4, 0.5) is 0 Å². The number of ether oxygens (including phenoxy) is 4. The number of esters is 1. The number of carbonyl (C=O) groups excluding carboxylic acids is 1. The monoisotopic (exact) mass is 362 g/mol. The quantitative estimate of drug-likeness (QED) is 0.618. The fourth-order valence-corrected chi connectivity index (χ4v) is 4.27. The molecule has 0 radical (unpaired) electrons. The van der Waals surface area contributed by atoms with Crippen molar-refractivity contribution in [2.45, 2.75) is 37.1 Å². The fraction of sp³-hybridized carbons (Fsp3) is 0.526. The Bertz CT molecular complexity index is 700. The van der Waals surface area contributed by atoms with Crippen LogP contribution in [0, 0.1) is 11.8 Å². The van der Waals surface area contributed by atoms with Crippen molar-refractivity contribution < 1.29 is 34.0 Å². The van der Waals surface area contributed by atoms with Crippen molar-refractivity contribution in [3.63, 3.8) is 0 Å². The van der Waals surface area contributed by atoms with Gasteiger partial charge >= 0.3 is 5.97 Å². The highest BCUT2D eigenvalue weighted by molar-refractivity contribution is 5.87. The van der Waals surface area contributed by atoms with Crippen molar-refractivity contribution in [3.05, 3.63) is 35.9 Å². The molecule has 4 rings (SSSR count). The number of hydrogen-bond donors (Lipinski definition) is 2. The molecule has 0 aromatic heterocycles. The predicted octanol–water partition coefficient (Wildman–Crippen LogP) is 1.43. The molecule has 1 saturated carbocycles. The van der Waals surface area contributed by atoms with Crippen molar-refractivity contribution >= 4 is 12.0 Å². The lowest BCUT2D eigenvalue weighted by atomic mass is 9.84. The molecule has 26 heavy (non-hydrogen) atoms. The summed E-state index contributed by atoms with van der Waals surface area (Å²) in [6, 6.07) is 6.49. The second-order valence-corrected chi connectivity index (χ2v) is 7.11. The number of phenols is 1. The number of rotatable bonds is 4. The van der Waals surface area contributed by atoms with Gasteiger partial charge in [0.1, 0.15) is 11.9 Å². The van der Waals surface area contributed by atoms with E-state index in [4.69, 9.17) is 18.9 Å². The molecular formula is C19H22O7. The van der Waals surface area contributed by atoms with E-state index in [0.717, 1.165) is 5.56 Å². The SMILES string of the molecule is CO[C@@H]1C[C@@H]2[C@@H]3[C@@H](OC[C@]3(O)C[C@H]2OC(=O)C=Cc2ccc(O)cc2)O1. The lowest BCUT2D eigenvalue weighted by Gasteiger charge is -2.37. The molecular weight excluding hydrogens is 340 g/mol. The molecule has 2 aliphatic heterocycles. The largest absolute Gasteiger partial charge is 0.508 e. The Kier molecular flexibility index (Phi) is 4.48. The summed E-state index contributed by atoms with van der Waals surface area (Å²) in [5.74, 6) is -0.589. The van der Waals surface area contributed by atoms with Crippen LogP contribution in [0.3, 0.4) is 0 Å². The van der Waals surface area contributed by atoms with E-state index in [1.54, 1.807) is 37.5 Å². The van der Waals surface area contributed by atoms with Crippen molar-refractivity contribution in [2.24, 2.45) is 11.8 Å². The molecule has 1 aromatic rings. The van der Waals surface area contributed by atoms with E-state index in [-0.39, 0.29) is 24.2 Å². The molecule has 6 atom stereocenters. The smallest absolute Gasteiger partial charge is 0.331 e. The van der Waals surface area contributed by atoms with E-state index >= 15 is 0 Å². The molecule has 0 spiro atoms. The van der Waals surface area contributed by atoms with Crippen LogP contribution in [0.15, 0.2) is 30.3 Å². The molecule has 1 aromatic carbocycles. The molecule has 2 saturated heterocycles. The van der Waals surface area contributed by atoms with Gasteiger partial charge in [0.25, 0.3) is 0 Å². The highest BCUT2D eigenvalue weighted by atomic mass is 16.8. The van der Waals surface area contributed by atoms with Gasteiger partial charge in [-0.3, -0.25) is 0 Å². The van der Waals surface area contributed by atoms with Gasteiger partial charge in [-0.25, -0.2) is 4.79 Å². The predicted molar refractivity (Wildman–Crippen MR) is 89.8 cm³/mol. The Labute approximate surface area is 151 Å². The van der Waals surface area contributed by atoms with Gasteiger partial charge in [0, 0.05) is 37.9 Å². The fourth-order valence-electron chi connectivity index (χ4n) is 4.27. The number of phenolic OH excluding ortho intramolecular Hbond substituents is 1. The van der Waals surface area contributed by atoms with Crippen molar-refractivity contribution in [3.8, 4) is 5.75 Å². The van der Waals surface area contributed by atoms with E-state index < -0.39 is 30.3 Å². The first kappa shape index (κ1) is 17.5. The van der Waals surface area contributed by atoms with Gasteiger partial charge in [0.15, 0.2) is 12.6 Å². The molecule has 0 amide bonds. The van der Waals surface area contributed by atoms with Gasteiger partial charge < -0.3 is 29.2 Å².